The van der Waals surface area contributed by atoms with Gasteiger partial charge >= 0.3 is 0 Å². The molecule has 2 unspecified atom stereocenters. The standard InChI is InChI=1S/C11H20O3S/c1-4-7-10(2)8-5-6-9-11(10,3)15(12,13)14/h4H,1,5-9H2,2-3H3,(H,12,13,14). The van der Waals surface area contributed by atoms with E-state index in [1.807, 2.05) is 6.92 Å². The summed E-state index contributed by atoms with van der Waals surface area (Å²) in [4.78, 5) is 0. The summed E-state index contributed by atoms with van der Waals surface area (Å²) in [6.07, 6.45) is 5.63. The molecule has 4 heteroatoms. The summed E-state index contributed by atoms with van der Waals surface area (Å²) in [7, 11) is -4.00. The zero-order chi connectivity index (χ0) is 11.7. The third kappa shape index (κ3) is 1.97. The second-order valence-electron chi connectivity index (χ2n) is 4.97. The monoisotopic (exact) mass is 232 g/mol. The third-order valence-corrected chi connectivity index (χ3v) is 5.91. The molecule has 0 aromatic carbocycles. The molecule has 1 saturated carbocycles. The second kappa shape index (κ2) is 3.91. The maximum atomic E-state index is 11.5. The summed E-state index contributed by atoms with van der Waals surface area (Å²) < 4.78 is 31.4. The molecule has 1 fully saturated rings. The Hall–Kier alpha value is -0.350. The summed E-state index contributed by atoms with van der Waals surface area (Å²) in [5.74, 6) is 0. The van der Waals surface area contributed by atoms with Crippen molar-refractivity contribution >= 4 is 10.1 Å². The van der Waals surface area contributed by atoms with E-state index in [0.29, 0.717) is 12.8 Å². The lowest BCUT2D eigenvalue weighted by Gasteiger charge is -2.47. The topological polar surface area (TPSA) is 54.4 Å². The highest BCUT2D eigenvalue weighted by molar-refractivity contribution is 7.87. The lowest BCUT2D eigenvalue weighted by atomic mass is 9.66. The SMILES string of the molecule is C=CCC1(C)CCCCC1(C)S(=O)(=O)O. The van der Waals surface area contributed by atoms with E-state index in [2.05, 4.69) is 6.58 Å². The smallest absolute Gasteiger partial charge is 0.270 e. The summed E-state index contributed by atoms with van der Waals surface area (Å²) in [6, 6.07) is 0. The van der Waals surface area contributed by atoms with E-state index in [4.69, 9.17) is 0 Å². The van der Waals surface area contributed by atoms with Gasteiger partial charge < -0.3 is 0 Å². The second-order valence-corrected chi connectivity index (χ2v) is 6.82. The molecule has 1 aliphatic rings. The van der Waals surface area contributed by atoms with Crippen LogP contribution in [0.3, 0.4) is 0 Å². The first-order chi connectivity index (χ1) is 6.77. The zero-order valence-electron chi connectivity index (χ0n) is 9.49. The van der Waals surface area contributed by atoms with Crippen LogP contribution in [0, 0.1) is 5.41 Å². The van der Waals surface area contributed by atoms with Crippen LogP contribution in [0.2, 0.25) is 0 Å². The minimum atomic E-state index is -4.00. The van der Waals surface area contributed by atoms with Crippen molar-refractivity contribution in [1.29, 1.82) is 0 Å². The van der Waals surface area contributed by atoms with Crippen LogP contribution in [0.4, 0.5) is 0 Å². The molecule has 0 aliphatic heterocycles. The minimum absolute atomic E-state index is 0.388. The van der Waals surface area contributed by atoms with Gasteiger partial charge in [0.25, 0.3) is 10.1 Å². The van der Waals surface area contributed by atoms with E-state index in [1.54, 1.807) is 13.0 Å². The van der Waals surface area contributed by atoms with Crippen molar-refractivity contribution in [3.8, 4) is 0 Å². The molecule has 0 aromatic heterocycles. The van der Waals surface area contributed by atoms with Crippen molar-refractivity contribution in [2.24, 2.45) is 5.41 Å². The first kappa shape index (κ1) is 12.7. The van der Waals surface area contributed by atoms with Crippen LogP contribution in [-0.2, 0) is 10.1 Å². The van der Waals surface area contributed by atoms with Gasteiger partial charge in [-0.3, -0.25) is 4.55 Å². The molecular weight excluding hydrogens is 212 g/mol. The van der Waals surface area contributed by atoms with Crippen LogP contribution in [0.15, 0.2) is 12.7 Å². The van der Waals surface area contributed by atoms with Gasteiger partial charge in [-0.05, 0) is 31.6 Å². The van der Waals surface area contributed by atoms with Gasteiger partial charge in [-0.2, -0.15) is 8.42 Å². The lowest BCUT2D eigenvalue weighted by Crippen LogP contribution is -2.51. The van der Waals surface area contributed by atoms with Gasteiger partial charge in [-0.15, -0.1) is 6.58 Å². The third-order valence-electron chi connectivity index (χ3n) is 4.07. The molecule has 1 aliphatic carbocycles. The maximum absolute atomic E-state index is 11.5. The highest BCUT2D eigenvalue weighted by Gasteiger charge is 2.53. The number of hydrogen-bond donors (Lipinski definition) is 1. The van der Waals surface area contributed by atoms with E-state index in [-0.39, 0.29) is 5.41 Å². The number of hydrogen-bond acceptors (Lipinski definition) is 2. The van der Waals surface area contributed by atoms with Crippen molar-refractivity contribution in [3.63, 3.8) is 0 Å². The molecule has 0 radical (unpaired) electrons. The molecule has 0 saturated heterocycles. The van der Waals surface area contributed by atoms with Crippen LogP contribution >= 0.6 is 0 Å². The van der Waals surface area contributed by atoms with Gasteiger partial charge in [0.05, 0.1) is 0 Å². The lowest BCUT2D eigenvalue weighted by molar-refractivity contribution is 0.145. The van der Waals surface area contributed by atoms with Gasteiger partial charge in [0.1, 0.15) is 4.75 Å². The summed E-state index contributed by atoms with van der Waals surface area (Å²) in [5.41, 5.74) is -0.388. The van der Waals surface area contributed by atoms with E-state index < -0.39 is 14.9 Å². The van der Waals surface area contributed by atoms with Gasteiger partial charge in [0.15, 0.2) is 0 Å². The molecular formula is C11H20O3S. The van der Waals surface area contributed by atoms with Crippen molar-refractivity contribution in [1.82, 2.24) is 0 Å². The van der Waals surface area contributed by atoms with Crippen LogP contribution in [0.25, 0.3) is 0 Å². The normalized spacial score (nSPS) is 37.5. The Labute approximate surface area is 92.3 Å². The molecule has 0 bridgehead atoms. The van der Waals surface area contributed by atoms with Crippen molar-refractivity contribution in [2.45, 2.75) is 50.7 Å². The Morgan fingerprint density at radius 2 is 1.87 bits per heavy atom. The average Bonchev–Trinajstić information content (AvgIpc) is 2.09. The number of allylic oxidation sites excluding steroid dienone is 1. The summed E-state index contributed by atoms with van der Waals surface area (Å²) in [5, 5.41) is 0. The Bertz CT molecular complexity index is 347. The first-order valence-electron chi connectivity index (χ1n) is 5.35. The average molecular weight is 232 g/mol. The van der Waals surface area contributed by atoms with E-state index in [9.17, 15) is 13.0 Å². The number of rotatable bonds is 3. The molecule has 0 amide bonds. The molecule has 88 valence electrons. The molecule has 1 N–H and O–H groups in total. The summed E-state index contributed by atoms with van der Waals surface area (Å²) in [6.45, 7) is 7.26. The van der Waals surface area contributed by atoms with E-state index in [0.717, 1.165) is 19.3 Å². The van der Waals surface area contributed by atoms with Crippen molar-refractivity contribution < 1.29 is 13.0 Å². The van der Waals surface area contributed by atoms with Gasteiger partial charge in [0, 0.05) is 0 Å². The highest BCUT2D eigenvalue weighted by Crippen LogP contribution is 2.50. The molecule has 0 heterocycles. The fourth-order valence-electron chi connectivity index (χ4n) is 2.62. The zero-order valence-corrected chi connectivity index (χ0v) is 10.3. The fourth-order valence-corrected chi connectivity index (χ4v) is 3.83. The van der Waals surface area contributed by atoms with E-state index in [1.165, 1.54) is 0 Å². The van der Waals surface area contributed by atoms with E-state index >= 15 is 0 Å². The van der Waals surface area contributed by atoms with Gasteiger partial charge in [-0.25, -0.2) is 0 Å². The minimum Gasteiger partial charge on any atom is -0.285 e. The van der Waals surface area contributed by atoms with Crippen LogP contribution in [0.1, 0.15) is 46.0 Å². The molecule has 0 spiro atoms. The van der Waals surface area contributed by atoms with Gasteiger partial charge in [-0.1, -0.05) is 25.8 Å². The highest BCUT2D eigenvalue weighted by atomic mass is 32.2. The van der Waals surface area contributed by atoms with Crippen LogP contribution in [-0.4, -0.2) is 17.7 Å². The fraction of sp³-hybridized carbons (Fsp3) is 0.818. The predicted molar refractivity (Wildman–Crippen MR) is 61.3 cm³/mol. The Kier molecular flexibility index (Phi) is 3.31. The molecule has 1 rings (SSSR count). The van der Waals surface area contributed by atoms with Gasteiger partial charge in [0.2, 0.25) is 0 Å². The summed E-state index contributed by atoms with van der Waals surface area (Å²) >= 11 is 0. The van der Waals surface area contributed by atoms with Crippen LogP contribution in [0.5, 0.6) is 0 Å². The first-order valence-corrected chi connectivity index (χ1v) is 6.79. The maximum Gasteiger partial charge on any atom is 0.270 e. The molecule has 0 aromatic rings. The quantitative estimate of drug-likeness (QED) is 0.601. The predicted octanol–water partition coefficient (Wildman–Crippen LogP) is 2.79. The van der Waals surface area contributed by atoms with Crippen molar-refractivity contribution in [2.75, 3.05) is 0 Å². The Morgan fingerprint density at radius 3 is 2.33 bits per heavy atom. The molecule has 3 nitrogen and oxygen atoms in total. The molecule has 15 heavy (non-hydrogen) atoms. The largest absolute Gasteiger partial charge is 0.285 e. The Morgan fingerprint density at radius 1 is 1.33 bits per heavy atom. The van der Waals surface area contributed by atoms with Crippen molar-refractivity contribution in [3.05, 3.63) is 12.7 Å². The Balaban J connectivity index is 3.17. The molecule has 2 atom stereocenters. The van der Waals surface area contributed by atoms with Crippen LogP contribution < -0.4 is 0 Å².